The quantitative estimate of drug-likeness (QED) is 0.778. The van der Waals surface area contributed by atoms with Gasteiger partial charge >= 0.3 is 0 Å². The minimum absolute atomic E-state index is 0.523. The number of piperidine rings is 1. The van der Waals surface area contributed by atoms with E-state index in [1.165, 1.54) is 18.4 Å². The SMILES string of the molecule is Clc1cccc(C2CCCNC2)c1Cl. The number of nitrogens with one attached hydrogen (secondary N) is 1. The van der Waals surface area contributed by atoms with Crippen molar-refractivity contribution >= 4 is 23.2 Å². The van der Waals surface area contributed by atoms with Crippen LogP contribution in [-0.4, -0.2) is 13.1 Å². The van der Waals surface area contributed by atoms with Crippen LogP contribution in [0.1, 0.15) is 24.3 Å². The molecule has 1 saturated heterocycles. The third-order valence-corrected chi connectivity index (χ3v) is 3.55. The van der Waals surface area contributed by atoms with E-state index in [0.717, 1.165) is 18.1 Å². The Morgan fingerprint density at radius 2 is 2.14 bits per heavy atom. The van der Waals surface area contributed by atoms with Gasteiger partial charge in [-0.05, 0) is 36.9 Å². The average Bonchev–Trinajstić information content (AvgIpc) is 2.23. The predicted molar refractivity (Wildman–Crippen MR) is 61.3 cm³/mol. The van der Waals surface area contributed by atoms with Gasteiger partial charge in [0.2, 0.25) is 0 Å². The highest BCUT2D eigenvalue weighted by Gasteiger charge is 2.18. The molecular formula is C11H13Cl2N. The summed E-state index contributed by atoms with van der Waals surface area (Å²) in [4.78, 5) is 0. The first-order valence-corrected chi connectivity index (χ1v) is 5.69. The van der Waals surface area contributed by atoms with Gasteiger partial charge in [-0.3, -0.25) is 0 Å². The van der Waals surface area contributed by atoms with E-state index >= 15 is 0 Å². The van der Waals surface area contributed by atoms with E-state index in [1.807, 2.05) is 12.1 Å². The van der Waals surface area contributed by atoms with Crippen LogP contribution in [0.4, 0.5) is 0 Å². The number of hydrogen-bond donors (Lipinski definition) is 1. The Hall–Kier alpha value is -0.240. The predicted octanol–water partition coefficient (Wildman–Crippen LogP) is 3.46. The normalized spacial score (nSPS) is 22.3. The van der Waals surface area contributed by atoms with Crippen LogP contribution < -0.4 is 5.32 Å². The lowest BCUT2D eigenvalue weighted by Gasteiger charge is -2.24. The lowest BCUT2D eigenvalue weighted by molar-refractivity contribution is 0.462. The molecule has 1 aliphatic rings. The molecule has 0 aromatic heterocycles. The van der Waals surface area contributed by atoms with Crippen molar-refractivity contribution in [3.63, 3.8) is 0 Å². The van der Waals surface area contributed by atoms with Gasteiger partial charge in [-0.2, -0.15) is 0 Å². The molecule has 1 aromatic carbocycles. The molecule has 3 heteroatoms. The van der Waals surface area contributed by atoms with Crippen LogP contribution >= 0.6 is 23.2 Å². The van der Waals surface area contributed by atoms with Gasteiger partial charge in [0.25, 0.3) is 0 Å². The summed E-state index contributed by atoms with van der Waals surface area (Å²) < 4.78 is 0. The van der Waals surface area contributed by atoms with Crippen LogP contribution in [0.3, 0.4) is 0 Å². The third kappa shape index (κ3) is 2.05. The third-order valence-electron chi connectivity index (χ3n) is 2.72. The molecule has 1 unspecified atom stereocenters. The molecule has 76 valence electrons. The molecule has 0 spiro atoms. The van der Waals surface area contributed by atoms with Crippen LogP contribution in [0.2, 0.25) is 10.0 Å². The van der Waals surface area contributed by atoms with E-state index in [0.29, 0.717) is 10.9 Å². The second kappa shape index (κ2) is 4.52. The molecule has 1 N–H and O–H groups in total. The Morgan fingerprint density at radius 3 is 2.86 bits per heavy atom. The highest BCUT2D eigenvalue weighted by atomic mass is 35.5. The molecular weight excluding hydrogens is 217 g/mol. The van der Waals surface area contributed by atoms with Crippen molar-refractivity contribution < 1.29 is 0 Å². The average molecular weight is 230 g/mol. The fraction of sp³-hybridized carbons (Fsp3) is 0.455. The maximum atomic E-state index is 6.17. The maximum absolute atomic E-state index is 6.17. The maximum Gasteiger partial charge on any atom is 0.0627 e. The molecule has 1 fully saturated rings. The van der Waals surface area contributed by atoms with Crippen molar-refractivity contribution in [2.24, 2.45) is 0 Å². The summed E-state index contributed by atoms with van der Waals surface area (Å²) in [5.41, 5.74) is 1.19. The van der Waals surface area contributed by atoms with E-state index in [9.17, 15) is 0 Å². The molecule has 0 amide bonds. The molecule has 0 aliphatic carbocycles. The van der Waals surface area contributed by atoms with Gasteiger partial charge in [0, 0.05) is 6.54 Å². The van der Waals surface area contributed by atoms with Crippen LogP contribution in [0.5, 0.6) is 0 Å². The molecule has 0 bridgehead atoms. The van der Waals surface area contributed by atoms with Gasteiger partial charge in [-0.25, -0.2) is 0 Å². The zero-order valence-corrected chi connectivity index (χ0v) is 9.41. The molecule has 1 heterocycles. The fourth-order valence-corrected chi connectivity index (χ4v) is 2.42. The lowest BCUT2D eigenvalue weighted by Crippen LogP contribution is -2.28. The largest absolute Gasteiger partial charge is 0.316 e. The Balaban J connectivity index is 2.26. The molecule has 1 aromatic rings. The molecule has 2 rings (SSSR count). The number of hydrogen-bond acceptors (Lipinski definition) is 1. The second-order valence-electron chi connectivity index (χ2n) is 3.69. The van der Waals surface area contributed by atoms with E-state index < -0.39 is 0 Å². The molecule has 1 atom stereocenters. The van der Waals surface area contributed by atoms with Gasteiger partial charge in [0.05, 0.1) is 10.0 Å². The molecule has 0 saturated carbocycles. The summed E-state index contributed by atoms with van der Waals surface area (Å²) in [5.74, 6) is 0.523. The van der Waals surface area contributed by atoms with Crippen LogP contribution in [0.15, 0.2) is 18.2 Å². The lowest BCUT2D eigenvalue weighted by atomic mass is 9.92. The van der Waals surface area contributed by atoms with Crippen molar-refractivity contribution in [3.8, 4) is 0 Å². The summed E-state index contributed by atoms with van der Waals surface area (Å²) >= 11 is 12.1. The van der Waals surface area contributed by atoms with Gasteiger partial charge in [0.1, 0.15) is 0 Å². The van der Waals surface area contributed by atoms with Crippen molar-refractivity contribution in [1.29, 1.82) is 0 Å². The summed E-state index contributed by atoms with van der Waals surface area (Å²) in [6.45, 7) is 2.13. The van der Waals surface area contributed by atoms with Crippen LogP contribution in [0.25, 0.3) is 0 Å². The van der Waals surface area contributed by atoms with Crippen LogP contribution in [-0.2, 0) is 0 Å². The summed E-state index contributed by atoms with van der Waals surface area (Å²) in [5, 5.41) is 4.76. The van der Waals surface area contributed by atoms with Crippen LogP contribution in [0, 0.1) is 0 Å². The number of rotatable bonds is 1. The zero-order chi connectivity index (χ0) is 9.97. The van der Waals surface area contributed by atoms with Gasteiger partial charge in [-0.15, -0.1) is 0 Å². The Kier molecular flexibility index (Phi) is 3.32. The first-order valence-electron chi connectivity index (χ1n) is 4.93. The Morgan fingerprint density at radius 1 is 1.29 bits per heavy atom. The van der Waals surface area contributed by atoms with Gasteiger partial charge in [0.15, 0.2) is 0 Å². The van der Waals surface area contributed by atoms with Gasteiger partial charge < -0.3 is 5.32 Å². The molecule has 1 aliphatic heterocycles. The second-order valence-corrected chi connectivity index (χ2v) is 4.47. The zero-order valence-electron chi connectivity index (χ0n) is 7.89. The first kappa shape index (κ1) is 10.3. The first-order chi connectivity index (χ1) is 6.79. The molecule has 0 radical (unpaired) electrons. The minimum atomic E-state index is 0.523. The van der Waals surface area contributed by atoms with Crippen molar-refractivity contribution in [1.82, 2.24) is 5.32 Å². The number of benzene rings is 1. The van der Waals surface area contributed by atoms with Crippen molar-refractivity contribution in [2.75, 3.05) is 13.1 Å². The Labute approximate surface area is 94.4 Å². The summed E-state index contributed by atoms with van der Waals surface area (Å²) in [7, 11) is 0. The van der Waals surface area contributed by atoms with E-state index in [2.05, 4.69) is 11.4 Å². The summed E-state index contributed by atoms with van der Waals surface area (Å²) in [6.07, 6.45) is 2.42. The standard InChI is InChI=1S/C11H13Cl2N/c12-10-5-1-4-9(11(10)13)8-3-2-6-14-7-8/h1,4-5,8,14H,2-3,6-7H2. The fourth-order valence-electron chi connectivity index (χ4n) is 1.95. The Bertz CT molecular complexity index is 319. The number of halogens is 2. The minimum Gasteiger partial charge on any atom is -0.316 e. The van der Waals surface area contributed by atoms with Crippen molar-refractivity contribution in [2.45, 2.75) is 18.8 Å². The topological polar surface area (TPSA) is 12.0 Å². The van der Waals surface area contributed by atoms with E-state index in [4.69, 9.17) is 23.2 Å². The van der Waals surface area contributed by atoms with E-state index in [1.54, 1.807) is 0 Å². The molecule has 14 heavy (non-hydrogen) atoms. The van der Waals surface area contributed by atoms with E-state index in [-0.39, 0.29) is 0 Å². The van der Waals surface area contributed by atoms with Gasteiger partial charge in [-0.1, -0.05) is 35.3 Å². The molecule has 1 nitrogen and oxygen atoms in total. The smallest absolute Gasteiger partial charge is 0.0627 e. The monoisotopic (exact) mass is 229 g/mol. The highest BCUT2D eigenvalue weighted by Crippen LogP contribution is 2.33. The summed E-state index contributed by atoms with van der Waals surface area (Å²) in [6, 6.07) is 5.88. The highest BCUT2D eigenvalue weighted by molar-refractivity contribution is 6.42. The van der Waals surface area contributed by atoms with Crippen molar-refractivity contribution in [3.05, 3.63) is 33.8 Å².